The van der Waals surface area contributed by atoms with Crippen molar-refractivity contribution in [3.05, 3.63) is 28.8 Å². The van der Waals surface area contributed by atoms with E-state index in [1.165, 1.54) is 17.7 Å². The van der Waals surface area contributed by atoms with Crippen molar-refractivity contribution in [3.63, 3.8) is 0 Å². The summed E-state index contributed by atoms with van der Waals surface area (Å²) in [7, 11) is 0. The van der Waals surface area contributed by atoms with Gasteiger partial charge in [0.15, 0.2) is 0 Å². The van der Waals surface area contributed by atoms with Crippen molar-refractivity contribution in [2.24, 2.45) is 0 Å². The molecule has 2 N–H and O–H groups in total. The van der Waals surface area contributed by atoms with E-state index in [1.807, 2.05) is 32.9 Å². The van der Waals surface area contributed by atoms with Crippen LogP contribution in [-0.2, 0) is 11.2 Å². The summed E-state index contributed by atoms with van der Waals surface area (Å²) in [5.41, 5.74) is 1.25. The minimum Gasteiger partial charge on any atom is -0.444 e. The van der Waals surface area contributed by atoms with Gasteiger partial charge in [-0.2, -0.15) is 0 Å². The van der Waals surface area contributed by atoms with Crippen LogP contribution in [0.15, 0.2) is 18.2 Å². The standard InChI is InChI=1S/C12H23NO3.C9H10ClN/c1-11(2,3)16-10(14)13-8-6-7-9(13)12(4,5)15;10-8-3-4-9-7(6-8)2-1-5-11-9/h9,15H,6-8H2,1-5H3;3-4,6,11H,1-2,5H2. The Bertz CT molecular complexity index is 650. The summed E-state index contributed by atoms with van der Waals surface area (Å²) >= 11 is 5.85. The molecule has 0 saturated carbocycles. The van der Waals surface area contributed by atoms with Gasteiger partial charge in [0, 0.05) is 23.8 Å². The number of halogens is 1. The lowest BCUT2D eigenvalue weighted by molar-refractivity contribution is -0.0240. The van der Waals surface area contributed by atoms with E-state index in [9.17, 15) is 9.90 Å². The molecule has 152 valence electrons. The van der Waals surface area contributed by atoms with Gasteiger partial charge in [0.25, 0.3) is 0 Å². The maximum Gasteiger partial charge on any atom is 0.410 e. The molecule has 0 spiro atoms. The van der Waals surface area contributed by atoms with Crippen molar-refractivity contribution in [2.45, 2.75) is 77.5 Å². The second-order valence-electron chi connectivity index (χ2n) is 8.82. The van der Waals surface area contributed by atoms with Gasteiger partial charge in [0.05, 0.1) is 11.6 Å². The molecule has 2 aliphatic heterocycles. The number of nitrogens with one attached hydrogen (secondary N) is 1. The fourth-order valence-corrected chi connectivity index (χ4v) is 3.68. The number of amides is 1. The largest absolute Gasteiger partial charge is 0.444 e. The van der Waals surface area contributed by atoms with Crippen LogP contribution >= 0.6 is 11.6 Å². The molecule has 1 fully saturated rings. The Morgan fingerprint density at radius 3 is 2.59 bits per heavy atom. The normalized spacial score (nSPS) is 19.5. The Labute approximate surface area is 168 Å². The van der Waals surface area contributed by atoms with Crippen molar-refractivity contribution >= 4 is 23.4 Å². The van der Waals surface area contributed by atoms with Crippen LogP contribution in [-0.4, -0.2) is 46.4 Å². The van der Waals surface area contributed by atoms with E-state index < -0.39 is 11.2 Å². The number of carbonyl (C=O) groups excluding carboxylic acids is 1. The molecule has 1 saturated heterocycles. The first kappa shape index (κ1) is 21.8. The monoisotopic (exact) mass is 396 g/mol. The lowest BCUT2D eigenvalue weighted by Crippen LogP contribution is -2.49. The van der Waals surface area contributed by atoms with Gasteiger partial charge in [-0.3, -0.25) is 0 Å². The Kier molecular flexibility index (Phi) is 7.03. The number of nitrogens with zero attached hydrogens (tertiary/aromatic N) is 1. The molecule has 0 aromatic heterocycles. The number of fused-ring (bicyclic) bond motifs is 1. The van der Waals surface area contributed by atoms with Gasteiger partial charge in [-0.15, -0.1) is 0 Å². The number of hydrogen-bond donors (Lipinski definition) is 2. The number of aliphatic hydroxyl groups is 1. The van der Waals surface area contributed by atoms with Gasteiger partial charge in [-0.25, -0.2) is 4.79 Å². The first-order chi connectivity index (χ1) is 12.5. The molecule has 2 aliphatic rings. The summed E-state index contributed by atoms with van der Waals surface area (Å²) < 4.78 is 5.32. The smallest absolute Gasteiger partial charge is 0.410 e. The summed E-state index contributed by atoms with van der Waals surface area (Å²) in [5.74, 6) is 0. The van der Waals surface area contributed by atoms with E-state index in [-0.39, 0.29) is 12.1 Å². The van der Waals surface area contributed by atoms with E-state index >= 15 is 0 Å². The van der Waals surface area contributed by atoms with E-state index in [2.05, 4.69) is 11.4 Å². The Morgan fingerprint density at radius 1 is 1.26 bits per heavy atom. The predicted molar refractivity (Wildman–Crippen MR) is 111 cm³/mol. The van der Waals surface area contributed by atoms with Crippen LogP contribution in [0, 0.1) is 0 Å². The van der Waals surface area contributed by atoms with Gasteiger partial charge in [0.1, 0.15) is 5.60 Å². The zero-order valence-electron chi connectivity index (χ0n) is 17.1. The fraction of sp³-hybridized carbons (Fsp3) is 0.667. The Balaban J connectivity index is 0.000000206. The highest BCUT2D eigenvalue weighted by molar-refractivity contribution is 6.30. The molecule has 0 aliphatic carbocycles. The molecule has 2 heterocycles. The summed E-state index contributed by atoms with van der Waals surface area (Å²) in [6.45, 7) is 10.8. The average molecular weight is 397 g/mol. The molecule has 3 rings (SSSR count). The summed E-state index contributed by atoms with van der Waals surface area (Å²) in [4.78, 5) is 13.6. The summed E-state index contributed by atoms with van der Waals surface area (Å²) in [6, 6.07) is 5.89. The minimum atomic E-state index is -0.868. The maximum absolute atomic E-state index is 11.9. The second kappa shape index (κ2) is 8.70. The first-order valence-corrected chi connectivity index (χ1v) is 10.1. The molecule has 1 atom stereocenters. The summed E-state index contributed by atoms with van der Waals surface area (Å²) in [6.07, 6.45) is 3.81. The average Bonchev–Trinajstić information content (AvgIpc) is 3.04. The molecular formula is C21H33ClN2O3. The molecule has 1 amide bonds. The Hall–Kier alpha value is -1.46. The molecule has 0 radical (unpaired) electrons. The van der Waals surface area contributed by atoms with Crippen molar-refractivity contribution in [1.82, 2.24) is 4.90 Å². The highest BCUT2D eigenvalue weighted by Crippen LogP contribution is 2.28. The lowest BCUT2D eigenvalue weighted by atomic mass is 9.97. The molecule has 6 heteroatoms. The van der Waals surface area contributed by atoms with Crippen LogP contribution in [0.2, 0.25) is 5.02 Å². The number of rotatable bonds is 1. The fourth-order valence-electron chi connectivity index (χ4n) is 3.48. The van der Waals surface area contributed by atoms with Crippen LogP contribution < -0.4 is 5.32 Å². The number of likely N-dealkylation sites (tertiary alicyclic amines) is 1. The van der Waals surface area contributed by atoms with Gasteiger partial charge >= 0.3 is 6.09 Å². The van der Waals surface area contributed by atoms with Crippen LogP contribution in [0.3, 0.4) is 0 Å². The number of aryl methyl sites for hydroxylation is 1. The van der Waals surface area contributed by atoms with Crippen LogP contribution in [0.25, 0.3) is 0 Å². The van der Waals surface area contributed by atoms with Gasteiger partial charge < -0.3 is 20.1 Å². The Morgan fingerprint density at radius 2 is 1.96 bits per heavy atom. The molecule has 1 unspecified atom stereocenters. The molecule has 1 aromatic carbocycles. The maximum atomic E-state index is 11.9. The third kappa shape index (κ3) is 6.58. The number of benzene rings is 1. The molecule has 27 heavy (non-hydrogen) atoms. The van der Waals surface area contributed by atoms with E-state index in [0.29, 0.717) is 6.54 Å². The number of anilines is 1. The SMILES string of the molecule is CC(C)(C)OC(=O)N1CCCC1C(C)(C)O.Clc1ccc2c(c1)CCCN2. The number of hydrogen-bond acceptors (Lipinski definition) is 4. The van der Waals surface area contributed by atoms with Crippen molar-refractivity contribution in [2.75, 3.05) is 18.4 Å². The van der Waals surface area contributed by atoms with Crippen molar-refractivity contribution in [3.8, 4) is 0 Å². The first-order valence-electron chi connectivity index (χ1n) is 9.72. The number of carbonyl (C=O) groups is 1. The van der Waals surface area contributed by atoms with E-state index in [1.54, 1.807) is 18.7 Å². The topological polar surface area (TPSA) is 61.8 Å². The summed E-state index contributed by atoms with van der Waals surface area (Å²) in [5, 5.41) is 14.2. The third-order valence-corrected chi connectivity index (χ3v) is 4.94. The molecule has 0 bridgehead atoms. The molecule has 5 nitrogen and oxygen atoms in total. The molecular weight excluding hydrogens is 364 g/mol. The number of ether oxygens (including phenoxy) is 1. The second-order valence-corrected chi connectivity index (χ2v) is 9.25. The zero-order chi connectivity index (χ0) is 20.2. The highest BCUT2D eigenvalue weighted by Gasteiger charge is 2.40. The van der Waals surface area contributed by atoms with Crippen LogP contribution in [0.4, 0.5) is 10.5 Å². The van der Waals surface area contributed by atoms with Crippen molar-refractivity contribution in [1.29, 1.82) is 0 Å². The quantitative estimate of drug-likeness (QED) is 0.711. The molecule has 1 aromatic rings. The van der Waals surface area contributed by atoms with Crippen molar-refractivity contribution < 1.29 is 14.6 Å². The van der Waals surface area contributed by atoms with Gasteiger partial charge in [0.2, 0.25) is 0 Å². The van der Waals surface area contributed by atoms with Crippen LogP contribution in [0.5, 0.6) is 0 Å². The van der Waals surface area contributed by atoms with Gasteiger partial charge in [-0.1, -0.05) is 11.6 Å². The van der Waals surface area contributed by atoms with E-state index in [4.69, 9.17) is 16.3 Å². The lowest BCUT2D eigenvalue weighted by Gasteiger charge is -2.34. The predicted octanol–water partition coefficient (Wildman–Crippen LogP) is 4.85. The van der Waals surface area contributed by atoms with E-state index in [0.717, 1.165) is 30.8 Å². The highest BCUT2D eigenvalue weighted by atomic mass is 35.5. The van der Waals surface area contributed by atoms with Gasteiger partial charge in [-0.05, 0) is 84.1 Å². The third-order valence-electron chi connectivity index (χ3n) is 4.70. The minimum absolute atomic E-state index is 0.137. The van der Waals surface area contributed by atoms with Crippen LogP contribution in [0.1, 0.15) is 59.4 Å². The zero-order valence-corrected chi connectivity index (χ0v) is 17.9.